The van der Waals surface area contributed by atoms with Crippen LogP contribution < -0.4 is 10.1 Å². The van der Waals surface area contributed by atoms with Crippen LogP contribution in [0.5, 0.6) is 5.75 Å². The normalized spacial score (nSPS) is 14.7. The number of ether oxygens (including phenoxy) is 1. The fourth-order valence-electron chi connectivity index (χ4n) is 4.09. The van der Waals surface area contributed by atoms with Crippen molar-refractivity contribution in [3.8, 4) is 5.75 Å². The summed E-state index contributed by atoms with van der Waals surface area (Å²) < 4.78 is 11.0. The van der Waals surface area contributed by atoms with Crippen molar-refractivity contribution < 1.29 is 18.7 Å². The zero-order chi connectivity index (χ0) is 22.3. The molecule has 0 bridgehead atoms. The number of hydrogen-bond acceptors (Lipinski definition) is 4. The molecule has 166 valence electrons. The fraction of sp³-hybridized carbons (Fsp3) is 0.308. The van der Waals surface area contributed by atoms with E-state index in [2.05, 4.69) is 5.32 Å². The quantitative estimate of drug-likeness (QED) is 0.558. The maximum Gasteiger partial charge on any atom is 0.255 e. The van der Waals surface area contributed by atoms with E-state index in [1.807, 2.05) is 54.3 Å². The van der Waals surface area contributed by atoms with Crippen LogP contribution in [0.4, 0.5) is 0 Å². The number of benzene rings is 2. The standard InChI is InChI=1S/C26H28N2O4/c1-2-31-23-11-9-20-6-3-4-8-22(20)25(23)26(30)27-18-19-13-15-28(16-14-19)24(29)12-10-21-7-5-17-32-21/h3-12,17,19H,2,13-16,18H2,1H3,(H,27,30)/b12-10+. The van der Waals surface area contributed by atoms with Gasteiger partial charge in [0.05, 0.1) is 18.4 Å². The minimum absolute atomic E-state index is 0.0130. The first kappa shape index (κ1) is 21.7. The minimum atomic E-state index is -0.120. The zero-order valence-electron chi connectivity index (χ0n) is 18.3. The van der Waals surface area contributed by atoms with Crippen molar-refractivity contribution >= 4 is 28.7 Å². The number of fused-ring (bicyclic) bond motifs is 1. The van der Waals surface area contributed by atoms with Crippen molar-refractivity contribution in [1.29, 1.82) is 0 Å². The summed E-state index contributed by atoms with van der Waals surface area (Å²) in [6.45, 7) is 4.35. The summed E-state index contributed by atoms with van der Waals surface area (Å²) in [6, 6.07) is 15.3. The smallest absolute Gasteiger partial charge is 0.255 e. The Hall–Kier alpha value is -3.54. The van der Waals surface area contributed by atoms with E-state index >= 15 is 0 Å². The Morgan fingerprint density at radius 3 is 2.69 bits per heavy atom. The van der Waals surface area contributed by atoms with Gasteiger partial charge in [-0.3, -0.25) is 9.59 Å². The van der Waals surface area contributed by atoms with E-state index in [1.165, 1.54) is 0 Å². The third-order valence-corrected chi connectivity index (χ3v) is 5.83. The lowest BCUT2D eigenvalue weighted by atomic mass is 9.96. The molecule has 2 amide bonds. The fourth-order valence-corrected chi connectivity index (χ4v) is 4.09. The highest BCUT2D eigenvalue weighted by Gasteiger charge is 2.23. The van der Waals surface area contributed by atoms with Gasteiger partial charge < -0.3 is 19.4 Å². The van der Waals surface area contributed by atoms with Gasteiger partial charge in [0, 0.05) is 25.7 Å². The molecule has 0 saturated carbocycles. The highest BCUT2D eigenvalue weighted by molar-refractivity contribution is 6.09. The Labute approximate surface area is 187 Å². The molecule has 2 aromatic carbocycles. The van der Waals surface area contributed by atoms with Crippen molar-refractivity contribution in [3.05, 3.63) is 72.2 Å². The molecule has 4 rings (SSSR count). The van der Waals surface area contributed by atoms with Crippen molar-refractivity contribution in [3.63, 3.8) is 0 Å². The number of rotatable bonds is 7. The second-order valence-electron chi connectivity index (χ2n) is 7.92. The molecule has 6 nitrogen and oxygen atoms in total. The van der Waals surface area contributed by atoms with Crippen LogP contribution in [0.15, 0.2) is 65.3 Å². The first-order valence-electron chi connectivity index (χ1n) is 11.1. The molecular weight excluding hydrogens is 404 g/mol. The van der Waals surface area contributed by atoms with Gasteiger partial charge >= 0.3 is 0 Å². The topological polar surface area (TPSA) is 71.8 Å². The molecule has 1 N–H and O–H groups in total. The molecule has 1 aliphatic rings. The van der Waals surface area contributed by atoms with Crippen LogP contribution in [0, 0.1) is 5.92 Å². The van der Waals surface area contributed by atoms with Crippen molar-refractivity contribution in [2.45, 2.75) is 19.8 Å². The van der Waals surface area contributed by atoms with E-state index in [4.69, 9.17) is 9.15 Å². The molecule has 2 heterocycles. The van der Waals surface area contributed by atoms with Crippen LogP contribution in [0.2, 0.25) is 0 Å². The second-order valence-corrected chi connectivity index (χ2v) is 7.92. The number of hydrogen-bond donors (Lipinski definition) is 1. The Balaban J connectivity index is 1.34. The minimum Gasteiger partial charge on any atom is -0.493 e. The SMILES string of the molecule is CCOc1ccc2ccccc2c1C(=O)NCC1CCN(C(=O)/C=C/c2ccco2)CC1. The lowest BCUT2D eigenvalue weighted by Gasteiger charge is -2.31. The van der Waals surface area contributed by atoms with Gasteiger partial charge in [0.1, 0.15) is 11.5 Å². The van der Waals surface area contributed by atoms with Crippen LogP contribution in [0.1, 0.15) is 35.9 Å². The highest BCUT2D eigenvalue weighted by atomic mass is 16.5. The molecule has 1 saturated heterocycles. The summed E-state index contributed by atoms with van der Waals surface area (Å²) >= 11 is 0. The summed E-state index contributed by atoms with van der Waals surface area (Å²) in [5, 5.41) is 5.00. The molecule has 0 unspecified atom stereocenters. The highest BCUT2D eigenvalue weighted by Crippen LogP contribution is 2.28. The number of piperidine rings is 1. The van der Waals surface area contributed by atoms with Crippen LogP contribution in [-0.2, 0) is 4.79 Å². The first-order valence-corrected chi connectivity index (χ1v) is 11.1. The van der Waals surface area contributed by atoms with E-state index in [9.17, 15) is 9.59 Å². The third kappa shape index (κ3) is 5.02. The van der Waals surface area contributed by atoms with Crippen LogP contribution >= 0.6 is 0 Å². The number of nitrogens with one attached hydrogen (secondary N) is 1. The van der Waals surface area contributed by atoms with Gasteiger partial charge in [0.25, 0.3) is 5.91 Å². The number of furan rings is 1. The van der Waals surface area contributed by atoms with Crippen LogP contribution in [0.3, 0.4) is 0 Å². The molecule has 0 radical (unpaired) electrons. The maximum absolute atomic E-state index is 13.1. The predicted molar refractivity (Wildman–Crippen MR) is 124 cm³/mol. The molecule has 3 aromatic rings. The monoisotopic (exact) mass is 432 g/mol. The number of nitrogens with zero attached hydrogens (tertiary/aromatic N) is 1. The summed E-state index contributed by atoms with van der Waals surface area (Å²) in [5.41, 5.74) is 0.584. The van der Waals surface area contributed by atoms with Crippen LogP contribution in [-0.4, -0.2) is 43.0 Å². The summed E-state index contributed by atoms with van der Waals surface area (Å²) in [5.74, 6) is 1.47. The molecule has 6 heteroatoms. The van der Waals surface area contributed by atoms with E-state index in [0.717, 1.165) is 23.6 Å². The Morgan fingerprint density at radius 2 is 1.94 bits per heavy atom. The van der Waals surface area contributed by atoms with Crippen LogP contribution in [0.25, 0.3) is 16.8 Å². The zero-order valence-corrected chi connectivity index (χ0v) is 18.3. The molecule has 1 aliphatic heterocycles. The largest absolute Gasteiger partial charge is 0.493 e. The van der Waals surface area contributed by atoms with E-state index in [0.29, 0.717) is 49.2 Å². The van der Waals surface area contributed by atoms with Crippen molar-refractivity contribution in [2.24, 2.45) is 5.92 Å². The molecule has 0 atom stereocenters. The van der Waals surface area contributed by atoms with Gasteiger partial charge in [-0.25, -0.2) is 0 Å². The van der Waals surface area contributed by atoms with Gasteiger partial charge in [0.15, 0.2) is 0 Å². The number of likely N-dealkylation sites (tertiary alicyclic amines) is 1. The third-order valence-electron chi connectivity index (χ3n) is 5.83. The van der Waals surface area contributed by atoms with Crippen molar-refractivity contribution in [1.82, 2.24) is 10.2 Å². The van der Waals surface area contributed by atoms with Gasteiger partial charge in [0.2, 0.25) is 5.91 Å². The predicted octanol–water partition coefficient (Wildman–Crippen LogP) is 4.51. The second kappa shape index (κ2) is 10.2. The molecule has 0 spiro atoms. The lowest BCUT2D eigenvalue weighted by molar-refractivity contribution is -0.127. The molecule has 1 aromatic heterocycles. The van der Waals surface area contributed by atoms with Gasteiger partial charge in [-0.15, -0.1) is 0 Å². The molecule has 1 fully saturated rings. The van der Waals surface area contributed by atoms with Crippen molar-refractivity contribution in [2.75, 3.05) is 26.2 Å². The maximum atomic E-state index is 13.1. The van der Waals surface area contributed by atoms with E-state index in [-0.39, 0.29) is 11.8 Å². The molecule has 32 heavy (non-hydrogen) atoms. The average molecular weight is 433 g/mol. The van der Waals surface area contributed by atoms with Gasteiger partial charge in [-0.2, -0.15) is 0 Å². The van der Waals surface area contributed by atoms with E-state index in [1.54, 1.807) is 24.5 Å². The van der Waals surface area contributed by atoms with Gasteiger partial charge in [-0.05, 0) is 60.7 Å². The summed E-state index contributed by atoms with van der Waals surface area (Å²) in [4.78, 5) is 27.3. The average Bonchev–Trinajstić information content (AvgIpc) is 3.35. The Kier molecular flexibility index (Phi) is 6.90. The van der Waals surface area contributed by atoms with Gasteiger partial charge in [-0.1, -0.05) is 30.3 Å². The number of carbonyl (C=O) groups excluding carboxylic acids is 2. The summed E-state index contributed by atoms with van der Waals surface area (Å²) in [7, 11) is 0. The Morgan fingerprint density at radius 1 is 1.12 bits per heavy atom. The molecule has 0 aliphatic carbocycles. The molecular formula is C26H28N2O4. The Bertz CT molecular complexity index is 1100. The number of carbonyl (C=O) groups is 2. The lowest BCUT2D eigenvalue weighted by Crippen LogP contribution is -2.41. The summed E-state index contributed by atoms with van der Waals surface area (Å²) in [6.07, 6.45) is 6.54. The first-order chi connectivity index (χ1) is 15.7. The van der Waals surface area contributed by atoms with E-state index < -0.39 is 0 Å². The number of amides is 2.